The van der Waals surface area contributed by atoms with E-state index in [-0.39, 0.29) is 22.3 Å². The second-order valence-corrected chi connectivity index (χ2v) is 15.9. The van der Waals surface area contributed by atoms with E-state index in [4.69, 9.17) is 44.8 Å². The number of benzene rings is 3. The number of urea groups is 1. The van der Waals surface area contributed by atoms with Crippen LogP contribution < -0.4 is 15.0 Å². The summed E-state index contributed by atoms with van der Waals surface area (Å²) in [4.78, 5) is 78.4. The molecule has 1 saturated heterocycles. The van der Waals surface area contributed by atoms with Crippen molar-refractivity contribution in [2.24, 2.45) is 5.92 Å². The molecule has 61 heavy (non-hydrogen) atoms. The first kappa shape index (κ1) is 44.9. The number of nitrogens with one attached hydrogen (secondary N) is 1. The van der Waals surface area contributed by atoms with Gasteiger partial charge >= 0.3 is 35.9 Å². The Hall–Kier alpha value is -5.67. The Bertz CT molecular complexity index is 2120. The van der Waals surface area contributed by atoms with Crippen LogP contribution in [0.1, 0.15) is 94.7 Å². The lowest BCUT2D eigenvalue weighted by Gasteiger charge is -2.44. The van der Waals surface area contributed by atoms with E-state index >= 15 is 0 Å². The molecule has 0 bridgehead atoms. The molecule has 6 atom stereocenters. The van der Waals surface area contributed by atoms with Crippen LogP contribution in [0.25, 0.3) is 0 Å². The van der Waals surface area contributed by atoms with E-state index < -0.39 is 73.1 Å². The van der Waals surface area contributed by atoms with Gasteiger partial charge in [-0.2, -0.15) is 0 Å². The average molecular weight is 863 g/mol. The van der Waals surface area contributed by atoms with Crippen LogP contribution in [0, 0.1) is 5.92 Å². The molecule has 6 rings (SSSR count). The van der Waals surface area contributed by atoms with Crippen LogP contribution in [0.5, 0.6) is 5.75 Å². The summed E-state index contributed by atoms with van der Waals surface area (Å²) in [6, 6.07) is 18.7. The maximum Gasteiger partial charge on any atom is 0.322 e. The number of hydrogen-bond donors (Lipinski definition) is 1. The van der Waals surface area contributed by atoms with Crippen LogP contribution in [0.2, 0.25) is 5.02 Å². The lowest BCUT2D eigenvalue weighted by Crippen LogP contribution is -2.59. The van der Waals surface area contributed by atoms with Gasteiger partial charge in [0.1, 0.15) is 24.6 Å². The SMILES string of the molecule is CCOc1ccc(C(NC(=O)N2CC3(CCC(C(=O)OC)CC3)c3ccccc32)c2cc([C@H]3O[C@H](COC(C)=O)[C@@H](OC(C)=O)[C@H](OC(C)=O)[C@H]3OC(C)=O)ccc2Cl)cc1. The fraction of sp³-hybridized carbons (Fsp3) is 0.467. The van der Waals surface area contributed by atoms with E-state index in [2.05, 4.69) is 5.32 Å². The molecule has 3 aromatic carbocycles. The number of ether oxygens (including phenoxy) is 7. The second-order valence-electron chi connectivity index (χ2n) is 15.5. The van der Waals surface area contributed by atoms with Gasteiger partial charge in [0.25, 0.3) is 0 Å². The Morgan fingerprint density at radius 2 is 1.48 bits per heavy atom. The fourth-order valence-electron chi connectivity index (χ4n) is 8.73. The summed E-state index contributed by atoms with van der Waals surface area (Å²) < 4.78 is 39.5. The highest BCUT2D eigenvalue weighted by Crippen LogP contribution is 2.51. The molecule has 2 fully saturated rings. The lowest BCUT2D eigenvalue weighted by molar-refractivity contribution is -0.254. The summed E-state index contributed by atoms with van der Waals surface area (Å²) in [7, 11) is 1.40. The number of hydrogen-bond acceptors (Lipinski definition) is 13. The van der Waals surface area contributed by atoms with E-state index in [1.165, 1.54) is 21.0 Å². The highest BCUT2D eigenvalue weighted by Gasteiger charge is 2.53. The number of anilines is 1. The van der Waals surface area contributed by atoms with Crippen LogP contribution >= 0.6 is 11.6 Å². The van der Waals surface area contributed by atoms with Gasteiger partial charge in [-0.3, -0.25) is 28.9 Å². The van der Waals surface area contributed by atoms with Gasteiger partial charge in [0.05, 0.1) is 25.7 Å². The van der Waals surface area contributed by atoms with Gasteiger partial charge in [0.2, 0.25) is 0 Å². The molecule has 2 heterocycles. The third-order valence-corrected chi connectivity index (χ3v) is 11.7. The molecule has 0 aromatic heterocycles. The Labute approximate surface area is 359 Å². The first-order valence-corrected chi connectivity index (χ1v) is 20.6. The van der Waals surface area contributed by atoms with Gasteiger partial charge in [-0.05, 0) is 85.2 Å². The molecular formula is C45H51ClN2O13. The minimum Gasteiger partial charge on any atom is -0.494 e. The number of halogens is 1. The molecule has 1 spiro atoms. The highest BCUT2D eigenvalue weighted by molar-refractivity contribution is 6.31. The van der Waals surface area contributed by atoms with Crippen molar-refractivity contribution < 1.29 is 61.9 Å². The fourth-order valence-corrected chi connectivity index (χ4v) is 8.96. The number of rotatable bonds is 12. The van der Waals surface area contributed by atoms with Crippen molar-refractivity contribution in [2.45, 2.75) is 102 Å². The molecule has 1 aliphatic carbocycles. The molecule has 16 heteroatoms. The predicted molar refractivity (Wildman–Crippen MR) is 220 cm³/mol. The number of amides is 2. The molecule has 1 unspecified atom stereocenters. The molecule has 3 aliphatic rings. The number of carbonyl (C=O) groups excluding carboxylic acids is 6. The van der Waals surface area contributed by atoms with E-state index in [0.29, 0.717) is 61.3 Å². The van der Waals surface area contributed by atoms with Gasteiger partial charge in [-0.15, -0.1) is 0 Å². The zero-order valence-corrected chi connectivity index (χ0v) is 35.7. The third-order valence-electron chi connectivity index (χ3n) is 11.4. The number of para-hydroxylation sites is 1. The zero-order chi connectivity index (χ0) is 44.0. The molecule has 0 radical (unpaired) electrons. The van der Waals surface area contributed by atoms with Crippen molar-refractivity contribution in [3.05, 3.63) is 94.0 Å². The largest absolute Gasteiger partial charge is 0.494 e. The number of carbonyl (C=O) groups is 6. The molecule has 3 aromatic rings. The first-order chi connectivity index (χ1) is 29.1. The Balaban J connectivity index is 1.40. The van der Waals surface area contributed by atoms with Gasteiger partial charge in [0, 0.05) is 50.4 Å². The lowest BCUT2D eigenvalue weighted by atomic mass is 9.68. The van der Waals surface area contributed by atoms with Crippen molar-refractivity contribution in [3.8, 4) is 5.75 Å². The standard InChI is InChI=1S/C45H51ClN2O13/c1-7-56-32-15-12-29(13-16-32)38(47-44(54)48-24-45(34-10-8-9-11-36(34)48)20-18-30(19-21-45)43(53)55-6)33-22-31(14-17-35(33)46)39-41(59-27(4)51)42(60-28(5)52)40(58-26(3)50)37(61-39)23-57-25(2)49/h8-17,22,30,37-42H,7,18-21,23-24H2,1-6H3,(H,47,54)/t30?,37-,38?,39-,40-,41+,42+,45?/m1/s1. The van der Waals surface area contributed by atoms with Gasteiger partial charge in [-0.25, -0.2) is 4.79 Å². The molecule has 1 saturated carbocycles. The van der Waals surface area contributed by atoms with Crippen molar-refractivity contribution in [1.29, 1.82) is 0 Å². The summed E-state index contributed by atoms with van der Waals surface area (Å²) >= 11 is 7.03. The maximum atomic E-state index is 14.7. The smallest absolute Gasteiger partial charge is 0.322 e. The number of nitrogens with zero attached hydrogens (tertiary/aromatic N) is 1. The Morgan fingerprint density at radius 1 is 0.836 bits per heavy atom. The van der Waals surface area contributed by atoms with Crippen LogP contribution in [0.15, 0.2) is 66.7 Å². The Kier molecular flexibility index (Phi) is 14.2. The van der Waals surface area contributed by atoms with Gasteiger partial charge in [0.15, 0.2) is 18.3 Å². The van der Waals surface area contributed by atoms with Gasteiger partial charge in [-0.1, -0.05) is 48.0 Å². The minimum absolute atomic E-state index is 0.202. The molecular weight excluding hydrogens is 812 g/mol. The predicted octanol–water partition coefficient (Wildman–Crippen LogP) is 6.46. The monoisotopic (exact) mass is 862 g/mol. The molecule has 1 N–H and O–H groups in total. The summed E-state index contributed by atoms with van der Waals surface area (Å²) in [5.41, 5.74) is 2.91. The number of methoxy groups -OCH3 is 1. The number of fused-ring (bicyclic) bond motifs is 2. The second kappa shape index (κ2) is 19.4. The maximum absolute atomic E-state index is 14.7. The van der Waals surface area contributed by atoms with Crippen LogP contribution in [-0.2, 0) is 57.8 Å². The zero-order valence-electron chi connectivity index (χ0n) is 35.0. The summed E-state index contributed by atoms with van der Waals surface area (Å²) in [5, 5.41) is 3.51. The van der Waals surface area contributed by atoms with Crippen LogP contribution in [0.3, 0.4) is 0 Å². The molecule has 15 nitrogen and oxygen atoms in total. The van der Waals surface area contributed by atoms with Gasteiger partial charge < -0.3 is 38.5 Å². The first-order valence-electron chi connectivity index (χ1n) is 20.2. The third kappa shape index (κ3) is 10.1. The highest BCUT2D eigenvalue weighted by atomic mass is 35.5. The molecule has 2 amide bonds. The summed E-state index contributed by atoms with van der Waals surface area (Å²) in [6.07, 6.45) is -3.82. The van der Waals surface area contributed by atoms with E-state index in [1.807, 2.05) is 43.3 Å². The van der Waals surface area contributed by atoms with Crippen LogP contribution in [-0.4, -0.2) is 87.2 Å². The van der Waals surface area contributed by atoms with Crippen molar-refractivity contribution in [2.75, 3.05) is 31.8 Å². The Morgan fingerprint density at radius 3 is 2.10 bits per heavy atom. The average Bonchev–Trinajstić information content (AvgIpc) is 3.54. The van der Waals surface area contributed by atoms with E-state index in [1.54, 1.807) is 35.2 Å². The number of esters is 5. The quantitative estimate of drug-likeness (QED) is 0.155. The normalized spacial score (nSPS) is 24.7. The van der Waals surface area contributed by atoms with Crippen molar-refractivity contribution in [3.63, 3.8) is 0 Å². The van der Waals surface area contributed by atoms with E-state index in [0.717, 1.165) is 25.1 Å². The molecule has 2 aliphatic heterocycles. The van der Waals surface area contributed by atoms with Crippen LogP contribution in [0.4, 0.5) is 10.5 Å². The van der Waals surface area contributed by atoms with Crippen molar-refractivity contribution in [1.82, 2.24) is 5.32 Å². The summed E-state index contributed by atoms with van der Waals surface area (Å²) in [6.45, 7) is 6.98. The minimum atomic E-state index is -1.39. The topological polar surface area (TPSA) is 182 Å². The summed E-state index contributed by atoms with van der Waals surface area (Å²) in [5.74, 6) is -2.71. The van der Waals surface area contributed by atoms with E-state index in [9.17, 15) is 28.8 Å². The molecule has 326 valence electrons. The van der Waals surface area contributed by atoms with Crippen molar-refractivity contribution >= 4 is 53.2 Å².